The van der Waals surface area contributed by atoms with E-state index in [2.05, 4.69) is 21.4 Å². The summed E-state index contributed by atoms with van der Waals surface area (Å²) in [5, 5.41) is 5.75. The lowest BCUT2D eigenvalue weighted by molar-refractivity contribution is -0.144. The molecule has 0 aliphatic heterocycles. The van der Waals surface area contributed by atoms with E-state index in [0.717, 1.165) is 25.0 Å². The van der Waals surface area contributed by atoms with E-state index in [4.69, 9.17) is 0 Å². The van der Waals surface area contributed by atoms with Crippen LogP contribution in [0.25, 0.3) is 0 Å². The molecule has 23 heavy (non-hydrogen) atoms. The van der Waals surface area contributed by atoms with E-state index in [1.807, 2.05) is 38.3 Å². The lowest BCUT2D eigenvalue weighted by atomic mass is 10.0. The molecule has 0 radical (unpaired) electrons. The first kappa shape index (κ1) is 21.1. The van der Waals surface area contributed by atoms with Gasteiger partial charge in [0.2, 0.25) is 5.91 Å². The van der Waals surface area contributed by atoms with E-state index in [9.17, 15) is 9.59 Å². The van der Waals surface area contributed by atoms with Gasteiger partial charge in [-0.25, -0.2) is 4.79 Å². The molecule has 2 N–H and O–H groups in total. The standard InChI is InChI=1S/C18H30N2O3/c1-6-10-16(11-8-7-9-12-19-4)13-14(2)17(21)20-15(3)18(22)23-5/h6,8,10-11,13-15,19H,7,9,12H2,1-5H3,(H,20,21)/b10-6-,11-8-,16-13+/t14?,15-/m1/s1. The number of allylic oxidation sites excluding steroid dienone is 5. The van der Waals surface area contributed by atoms with E-state index >= 15 is 0 Å². The summed E-state index contributed by atoms with van der Waals surface area (Å²) in [4.78, 5) is 23.5. The number of ether oxygens (including phenoxy) is 1. The number of carbonyl (C=O) groups is 2. The van der Waals surface area contributed by atoms with Gasteiger partial charge >= 0.3 is 5.97 Å². The molecule has 0 aliphatic carbocycles. The summed E-state index contributed by atoms with van der Waals surface area (Å²) >= 11 is 0. The van der Waals surface area contributed by atoms with Crippen molar-refractivity contribution in [2.24, 2.45) is 5.92 Å². The number of esters is 1. The first-order valence-corrected chi connectivity index (χ1v) is 8.00. The van der Waals surface area contributed by atoms with E-state index in [-0.39, 0.29) is 11.8 Å². The molecular formula is C18H30N2O3. The fourth-order valence-corrected chi connectivity index (χ4v) is 1.92. The first-order valence-electron chi connectivity index (χ1n) is 8.00. The molecule has 0 aliphatic rings. The maximum absolute atomic E-state index is 12.1. The molecule has 0 aromatic rings. The van der Waals surface area contributed by atoms with Crippen molar-refractivity contribution in [3.05, 3.63) is 36.0 Å². The number of rotatable bonds is 10. The van der Waals surface area contributed by atoms with E-state index in [1.165, 1.54) is 7.11 Å². The largest absolute Gasteiger partial charge is 0.467 e. The number of amides is 1. The van der Waals surface area contributed by atoms with Crippen LogP contribution in [0, 0.1) is 5.92 Å². The molecule has 0 aromatic heterocycles. The van der Waals surface area contributed by atoms with Gasteiger partial charge in [0.1, 0.15) is 6.04 Å². The highest BCUT2D eigenvalue weighted by atomic mass is 16.5. The van der Waals surface area contributed by atoms with Crippen molar-refractivity contribution < 1.29 is 14.3 Å². The zero-order chi connectivity index (χ0) is 17.7. The maximum Gasteiger partial charge on any atom is 0.328 e. The number of methoxy groups -OCH3 is 1. The third-order valence-corrected chi connectivity index (χ3v) is 3.24. The smallest absolute Gasteiger partial charge is 0.328 e. The predicted molar refractivity (Wildman–Crippen MR) is 94.0 cm³/mol. The molecule has 5 nitrogen and oxygen atoms in total. The quantitative estimate of drug-likeness (QED) is 0.368. The minimum Gasteiger partial charge on any atom is -0.467 e. The van der Waals surface area contributed by atoms with E-state index < -0.39 is 12.0 Å². The van der Waals surface area contributed by atoms with Crippen LogP contribution < -0.4 is 10.6 Å². The molecule has 0 bridgehead atoms. The predicted octanol–water partition coefficient (Wildman–Crippen LogP) is 2.36. The Morgan fingerprint density at radius 1 is 1.22 bits per heavy atom. The highest BCUT2D eigenvalue weighted by Crippen LogP contribution is 2.08. The molecule has 0 heterocycles. The van der Waals surface area contributed by atoms with Gasteiger partial charge in [0.25, 0.3) is 0 Å². The summed E-state index contributed by atoms with van der Waals surface area (Å²) in [6, 6.07) is -0.648. The van der Waals surface area contributed by atoms with Crippen LogP contribution in [-0.4, -0.2) is 38.6 Å². The van der Waals surface area contributed by atoms with Crippen molar-refractivity contribution in [1.82, 2.24) is 10.6 Å². The topological polar surface area (TPSA) is 67.4 Å². The van der Waals surface area contributed by atoms with Gasteiger partial charge in [-0.2, -0.15) is 0 Å². The summed E-state index contributed by atoms with van der Waals surface area (Å²) in [7, 11) is 3.24. The minimum absolute atomic E-state index is 0.200. The van der Waals surface area contributed by atoms with Gasteiger partial charge in [-0.1, -0.05) is 37.3 Å². The maximum atomic E-state index is 12.1. The highest BCUT2D eigenvalue weighted by Gasteiger charge is 2.18. The number of carbonyl (C=O) groups excluding carboxylic acids is 2. The molecule has 0 spiro atoms. The van der Waals surface area contributed by atoms with Crippen LogP contribution in [0.4, 0.5) is 0 Å². The number of nitrogens with one attached hydrogen (secondary N) is 2. The van der Waals surface area contributed by atoms with Crippen molar-refractivity contribution in [1.29, 1.82) is 0 Å². The second-order valence-corrected chi connectivity index (χ2v) is 5.36. The Bertz CT molecular complexity index is 453. The molecule has 1 unspecified atom stereocenters. The summed E-state index contributed by atoms with van der Waals surface area (Å²) in [6.07, 6.45) is 12.0. The normalized spacial score (nSPS) is 14.9. The first-order chi connectivity index (χ1) is 11.0. The zero-order valence-electron chi connectivity index (χ0n) is 14.9. The van der Waals surface area contributed by atoms with Gasteiger partial charge in [-0.3, -0.25) is 4.79 Å². The number of unbranched alkanes of at least 4 members (excludes halogenated alkanes) is 1. The van der Waals surface area contributed by atoms with Crippen LogP contribution in [-0.2, 0) is 14.3 Å². The average molecular weight is 322 g/mol. The molecule has 0 fully saturated rings. The Balaban J connectivity index is 4.70. The van der Waals surface area contributed by atoms with Gasteiger partial charge in [0.15, 0.2) is 0 Å². The molecule has 2 atom stereocenters. The van der Waals surface area contributed by atoms with Crippen LogP contribution in [0.3, 0.4) is 0 Å². The lowest BCUT2D eigenvalue weighted by Crippen LogP contribution is -2.41. The second-order valence-electron chi connectivity index (χ2n) is 5.36. The summed E-state index contributed by atoms with van der Waals surface area (Å²) < 4.78 is 4.60. The zero-order valence-corrected chi connectivity index (χ0v) is 14.9. The molecule has 0 rings (SSSR count). The summed E-state index contributed by atoms with van der Waals surface area (Å²) in [6.45, 7) is 6.33. The van der Waals surface area contributed by atoms with Crippen molar-refractivity contribution >= 4 is 11.9 Å². The third-order valence-electron chi connectivity index (χ3n) is 3.24. The van der Waals surface area contributed by atoms with Gasteiger partial charge in [-0.05, 0) is 45.9 Å². The van der Waals surface area contributed by atoms with E-state index in [0.29, 0.717) is 0 Å². The Labute approximate surface area is 139 Å². The van der Waals surface area contributed by atoms with Crippen LogP contribution in [0.1, 0.15) is 33.6 Å². The number of hydrogen-bond acceptors (Lipinski definition) is 4. The average Bonchev–Trinajstić information content (AvgIpc) is 2.53. The lowest BCUT2D eigenvalue weighted by Gasteiger charge is -2.14. The Hall–Kier alpha value is -1.88. The van der Waals surface area contributed by atoms with E-state index in [1.54, 1.807) is 13.8 Å². The van der Waals surface area contributed by atoms with Gasteiger partial charge < -0.3 is 15.4 Å². The van der Waals surface area contributed by atoms with Crippen molar-refractivity contribution in [3.63, 3.8) is 0 Å². The molecule has 130 valence electrons. The summed E-state index contributed by atoms with van der Waals surface area (Å²) in [5.41, 5.74) is 0.977. The monoisotopic (exact) mass is 322 g/mol. The van der Waals surface area contributed by atoms with Crippen molar-refractivity contribution in [2.45, 2.75) is 39.7 Å². The molecule has 5 heteroatoms. The molecule has 0 saturated carbocycles. The van der Waals surface area contributed by atoms with Crippen LogP contribution >= 0.6 is 0 Å². The van der Waals surface area contributed by atoms with Crippen molar-refractivity contribution in [3.8, 4) is 0 Å². The van der Waals surface area contributed by atoms with Gasteiger partial charge in [0, 0.05) is 0 Å². The molecule has 0 aromatic carbocycles. The second kappa shape index (κ2) is 12.6. The van der Waals surface area contributed by atoms with Crippen molar-refractivity contribution in [2.75, 3.05) is 20.7 Å². The fraction of sp³-hybridized carbons (Fsp3) is 0.556. The van der Waals surface area contributed by atoms with Gasteiger partial charge in [-0.15, -0.1) is 0 Å². The SMILES string of the molecule is C\C=C/C(/C=C\CCCNC)=C\C(C)C(=O)N[C@H](C)C(=O)OC. The molecule has 0 saturated heterocycles. The summed E-state index contributed by atoms with van der Waals surface area (Å²) in [5.74, 6) is -0.989. The third kappa shape index (κ3) is 9.68. The van der Waals surface area contributed by atoms with Gasteiger partial charge in [0.05, 0.1) is 13.0 Å². The van der Waals surface area contributed by atoms with Crippen LogP contribution in [0.15, 0.2) is 36.0 Å². The Morgan fingerprint density at radius 2 is 1.91 bits per heavy atom. The Morgan fingerprint density at radius 3 is 2.48 bits per heavy atom. The van der Waals surface area contributed by atoms with Crippen LogP contribution in [0.5, 0.6) is 0 Å². The molecular weight excluding hydrogens is 292 g/mol. The number of hydrogen-bond donors (Lipinski definition) is 2. The van der Waals surface area contributed by atoms with Crippen LogP contribution in [0.2, 0.25) is 0 Å². The minimum atomic E-state index is -0.648. The highest BCUT2D eigenvalue weighted by molar-refractivity contribution is 5.86. The Kier molecular flexibility index (Phi) is 11.6. The fourth-order valence-electron chi connectivity index (χ4n) is 1.92. The molecule has 1 amide bonds.